The summed E-state index contributed by atoms with van der Waals surface area (Å²) in [6.07, 6.45) is 7.15. The van der Waals surface area contributed by atoms with E-state index >= 15 is 0 Å². The summed E-state index contributed by atoms with van der Waals surface area (Å²) in [5.74, 6) is 2.56. The van der Waals surface area contributed by atoms with Gasteiger partial charge in [-0.1, -0.05) is 12.1 Å². The van der Waals surface area contributed by atoms with Crippen LogP contribution in [0.15, 0.2) is 59.9 Å². The zero-order chi connectivity index (χ0) is 21.1. The van der Waals surface area contributed by atoms with Gasteiger partial charge in [-0.25, -0.2) is 23.1 Å². The fourth-order valence-corrected chi connectivity index (χ4v) is 4.24. The average Bonchev–Trinajstić information content (AvgIpc) is 3.50. The van der Waals surface area contributed by atoms with Crippen LogP contribution in [-0.2, 0) is 17.1 Å². The minimum absolute atomic E-state index is 0.156. The molecule has 30 heavy (non-hydrogen) atoms. The Morgan fingerprint density at radius 2 is 2.07 bits per heavy atom. The first-order valence-electron chi connectivity index (χ1n) is 9.79. The number of nitrogens with zero attached hydrogens (tertiary/aromatic N) is 3. The predicted octanol–water partition coefficient (Wildman–Crippen LogP) is 2.71. The topological polar surface area (TPSA) is 98.1 Å². The molecule has 1 aliphatic rings. The maximum atomic E-state index is 12.4. The molecule has 0 aliphatic heterocycles. The monoisotopic (exact) mass is 427 g/mol. The molecular formula is C21H25N5O3S. The third-order valence-electron chi connectivity index (χ3n) is 5.14. The van der Waals surface area contributed by atoms with E-state index in [1.807, 2.05) is 42.1 Å². The number of pyridine rings is 1. The fraction of sp³-hybridized carbons (Fsp3) is 0.333. The molecule has 1 atom stereocenters. The lowest BCUT2D eigenvalue weighted by molar-refractivity contribution is 0.414. The number of anilines is 1. The van der Waals surface area contributed by atoms with Crippen molar-refractivity contribution in [1.29, 1.82) is 0 Å². The molecule has 158 valence electrons. The van der Waals surface area contributed by atoms with Gasteiger partial charge < -0.3 is 14.6 Å². The van der Waals surface area contributed by atoms with E-state index in [-0.39, 0.29) is 10.9 Å². The maximum absolute atomic E-state index is 12.4. The van der Waals surface area contributed by atoms with E-state index in [0.717, 1.165) is 30.0 Å². The van der Waals surface area contributed by atoms with Gasteiger partial charge in [-0.15, -0.1) is 0 Å². The van der Waals surface area contributed by atoms with Crippen molar-refractivity contribution in [3.63, 3.8) is 0 Å². The Hall–Kier alpha value is -2.91. The molecular weight excluding hydrogens is 402 g/mol. The van der Waals surface area contributed by atoms with E-state index in [0.29, 0.717) is 18.3 Å². The summed E-state index contributed by atoms with van der Waals surface area (Å²) >= 11 is 0. The van der Waals surface area contributed by atoms with Crippen molar-refractivity contribution in [2.24, 2.45) is 13.0 Å². The minimum atomic E-state index is -3.54. The number of ether oxygens (including phenoxy) is 1. The summed E-state index contributed by atoms with van der Waals surface area (Å²) in [4.78, 5) is 8.97. The second-order valence-corrected chi connectivity index (χ2v) is 9.19. The molecule has 1 unspecified atom stereocenters. The molecule has 3 aromatic rings. The number of sulfonamides is 1. The highest BCUT2D eigenvalue weighted by atomic mass is 32.2. The van der Waals surface area contributed by atoms with E-state index in [2.05, 4.69) is 20.0 Å². The Balaban J connectivity index is 1.57. The lowest BCUT2D eigenvalue weighted by Crippen LogP contribution is -2.26. The molecule has 8 nitrogen and oxygen atoms in total. The molecule has 2 heterocycles. The number of hydrogen-bond donors (Lipinski definition) is 2. The van der Waals surface area contributed by atoms with E-state index < -0.39 is 10.0 Å². The molecule has 2 aromatic heterocycles. The lowest BCUT2D eigenvalue weighted by Gasteiger charge is -2.20. The van der Waals surface area contributed by atoms with Crippen molar-refractivity contribution < 1.29 is 13.2 Å². The van der Waals surface area contributed by atoms with Crippen LogP contribution in [0.25, 0.3) is 0 Å². The van der Waals surface area contributed by atoms with Crippen LogP contribution in [0.4, 0.5) is 5.82 Å². The first kappa shape index (κ1) is 20.4. The quantitative estimate of drug-likeness (QED) is 0.545. The molecule has 1 fully saturated rings. The Kier molecular flexibility index (Phi) is 5.74. The van der Waals surface area contributed by atoms with Crippen molar-refractivity contribution >= 4 is 15.8 Å². The van der Waals surface area contributed by atoms with Gasteiger partial charge in [0.25, 0.3) is 0 Å². The van der Waals surface area contributed by atoms with E-state index in [1.165, 1.54) is 6.20 Å². The highest BCUT2D eigenvalue weighted by Crippen LogP contribution is 2.29. The van der Waals surface area contributed by atoms with Crippen LogP contribution in [0.3, 0.4) is 0 Å². The van der Waals surface area contributed by atoms with Gasteiger partial charge in [0.05, 0.1) is 7.11 Å². The molecule has 4 rings (SSSR count). The number of imidazole rings is 1. The molecule has 0 amide bonds. The Morgan fingerprint density at radius 1 is 1.23 bits per heavy atom. The van der Waals surface area contributed by atoms with Crippen LogP contribution in [-0.4, -0.2) is 36.6 Å². The number of hydrogen-bond acceptors (Lipinski definition) is 6. The van der Waals surface area contributed by atoms with E-state index in [4.69, 9.17) is 4.74 Å². The van der Waals surface area contributed by atoms with Crippen molar-refractivity contribution in [3.05, 3.63) is 66.4 Å². The molecule has 9 heteroatoms. The summed E-state index contributed by atoms with van der Waals surface area (Å²) in [6.45, 7) is 0.486. The molecule has 2 N–H and O–H groups in total. The summed E-state index contributed by atoms with van der Waals surface area (Å²) in [7, 11) is 0.00280. The molecule has 0 radical (unpaired) electrons. The average molecular weight is 428 g/mol. The second kappa shape index (κ2) is 8.45. The largest absolute Gasteiger partial charge is 0.497 e. The minimum Gasteiger partial charge on any atom is -0.497 e. The van der Waals surface area contributed by atoms with Crippen LogP contribution in [0.1, 0.15) is 30.3 Å². The number of methoxy groups -OCH3 is 1. The first-order valence-corrected chi connectivity index (χ1v) is 11.3. The summed E-state index contributed by atoms with van der Waals surface area (Å²) in [5.41, 5.74) is 0.952. The fourth-order valence-electron chi connectivity index (χ4n) is 3.18. The lowest BCUT2D eigenvalue weighted by atomic mass is 10.1. The van der Waals surface area contributed by atoms with E-state index in [1.54, 1.807) is 25.4 Å². The zero-order valence-corrected chi connectivity index (χ0v) is 17.8. The smallest absolute Gasteiger partial charge is 0.242 e. The summed E-state index contributed by atoms with van der Waals surface area (Å²) < 4.78 is 34.8. The molecule has 0 saturated heterocycles. The second-order valence-electron chi connectivity index (χ2n) is 7.42. The number of benzene rings is 1. The van der Waals surface area contributed by atoms with Gasteiger partial charge in [0.1, 0.15) is 28.3 Å². The molecule has 1 saturated carbocycles. The summed E-state index contributed by atoms with van der Waals surface area (Å²) in [6, 6.07) is 10.7. The number of aryl methyl sites for hydroxylation is 1. The van der Waals surface area contributed by atoms with Gasteiger partial charge in [-0.3, -0.25) is 0 Å². The Bertz CT molecular complexity index is 1110. The third kappa shape index (κ3) is 4.63. The Morgan fingerprint density at radius 3 is 2.70 bits per heavy atom. The van der Waals surface area contributed by atoms with E-state index in [9.17, 15) is 8.42 Å². The predicted molar refractivity (Wildman–Crippen MR) is 114 cm³/mol. The van der Waals surface area contributed by atoms with Gasteiger partial charge in [0, 0.05) is 32.2 Å². The zero-order valence-electron chi connectivity index (χ0n) is 16.9. The first-order chi connectivity index (χ1) is 14.5. The Labute approximate surface area is 176 Å². The molecule has 1 aromatic carbocycles. The van der Waals surface area contributed by atoms with Gasteiger partial charge in [0.2, 0.25) is 10.0 Å². The highest BCUT2D eigenvalue weighted by molar-refractivity contribution is 7.89. The van der Waals surface area contributed by atoms with Gasteiger partial charge in [0.15, 0.2) is 0 Å². The van der Waals surface area contributed by atoms with Crippen molar-refractivity contribution in [2.75, 3.05) is 19.0 Å². The van der Waals surface area contributed by atoms with Crippen molar-refractivity contribution in [3.8, 4) is 5.75 Å². The van der Waals surface area contributed by atoms with Gasteiger partial charge >= 0.3 is 0 Å². The maximum Gasteiger partial charge on any atom is 0.242 e. The van der Waals surface area contributed by atoms with Crippen LogP contribution in [0.5, 0.6) is 5.75 Å². The SMILES string of the molecule is COc1cccc(C(Nc2ccc(S(=O)(=O)NCC3CC3)cn2)c2nccn2C)c1. The standard InChI is InChI=1S/C21H25N5O3S/c1-26-11-10-22-21(26)20(16-4-3-5-17(12-16)29-2)25-19-9-8-18(14-23-19)30(27,28)24-13-15-6-7-15/h3-5,8-12,14-15,20,24H,6-7,13H2,1-2H3,(H,23,25). The molecule has 1 aliphatic carbocycles. The molecule has 0 bridgehead atoms. The van der Waals surface area contributed by atoms with Crippen LogP contribution < -0.4 is 14.8 Å². The molecule has 0 spiro atoms. The van der Waals surface area contributed by atoms with Gasteiger partial charge in [-0.05, 0) is 48.6 Å². The van der Waals surface area contributed by atoms with Crippen molar-refractivity contribution in [1.82, 2.24) is 19.3 Å². The number of aromatic nitrogens is 3. The number of rotatable bonds is 9. The highest BCUT2D eigenvalue weighted by Gasteiger charge is 2.25. The van der Waals surface area contributed by atoms with Crippen LogP contribution in [0.2, 0.25) is 0 Å². The summed E-state index contributed by atoms with van der Waals surface area (Å²) in [5, 5.41) is 3.36. The number of nitrogens with one attached hydrogen (secondary N) is 2. The van der Waals surface area contributed by atoms with Crippen LogP contribution >= 0.6 is 0 Å². The van der Waals surface area contributed by atoms with Crippen molar-refractivity contribution in [2.45, 2.75) is 23.8 Å². The van der Waals surface area contributed by atoms with Crippen LogP contribution in [0, 0.1) is 5.92 Å². The normalized spacial score (nSPS) is 15.0. The third-order valence-corrected chi connectivity index (χ3v) is 6.55. The van der Waals surface area contributed by atoms with Gasteiger partial charge in [-0.2, -0.15) is 0 Å².